The summed E-state index contributed by atoms with van der Waals surface area (Å²) in [5.41, 5.74) is -0.467. The third-order valence-electron chi connectivity index (χ3n) is 14.0. The van der Waals surface area contributed by atoms with Gasteiger partial charge in [0.15, 0.2) is 0 Å². The summed E-state index contributed by atoms with van der Waals surface area (Å²) < 4.78 is 178. The maximum Gasteiger partial charge on any atom is 0.416 e. The van der Waals surface area contributed by atoms with Crippen molar-refractivity contribution in [1.29, 1.82) is 0 Å². The van der Waals surface area contributed by atoms with Crippen LogP contribution in [0.3, 0.4) is 0 Å². The normalized spacial score (nSPS) is 13.3. The molecular weight excluding hydrogens is 953 g/mol. The van der Waals surface area contributed by atoms with Gasteiger partial charge in [0.2, 0.25) is 0 Å². The zero-order chi connectivity index (χ0) is 50.0. The van der Waals surface area contributed by atoms with E-state index in [9.17, 15) is 52.7 Å². The van der Waals surface area contributed by atoms with Crippen LogP contribution in [0.4, 0.5) is 52.7 Å². The minimum atomic E-state index is -5.14. The monoisotopic (exact) mass is 980 g/mol. The molecule has 0 amide bonds. The van der Waals surface area contributed by atoms with E-state index in [1.165, 1.54) is 12.1 Å². The van der Waals surface area contributed by atoms with E-state index in [0.717, 1.165) is 22.3 Å². The van der Waals surface area contributed by atoms with Crippen LogP contribution in [0.25, 0.3) is 121 Å². The van der Waals surface area contributed by atoms with Crippen molar-refractivity contribution in [2.75, 3.05) is 0 Å². The third kappa shape index (κ3) is 6.33. The Kier molecular flexibility index (Phi) is 8.90. The molecule has 0 bridgehead atoms. The van der Waals surface area contributed by atoms with Gasteiger partial charge in [0, 0.05) is 54.2 Å². The van der Waals surface area contributed by atoms with Crippen molar-refractivity contribution in [2.24, 2.45) is 0 Å². The molecule has 354 valence electrons. The molecule has 4 heterocycles. The zero-order valence-corrected chi connectivity index (χ0v) is 36.6. The largest absolute Gasteiger partial charge is 0.416 e. The second-order valence-electron chi connectivity index (χ2n) is 18.1. The number of hydrogen-bond donors (Lipinski definition) is 0. The first-order valence-electron chi connectivity index (χ1n) is 22.4. The summed E-state index contributed by atoms with van der Waals surface area (Å²) in [5.74, 6) is 0. The van der Waals surface area contributed by atoms with E-state index < -0.39 is 47.0 Å². The third-order valence-corrected chi connectivity index (χ3v) is 14.0. The highest BCUT2D eigenvalue weighted by atomic mass is 19.4. The standard InChI is InChI=1S/C58H28F12N2/c59-55(60,61)35-21-33(22-36(27-35)56(62,63)64)39-13-7-15-43-50-48-42-20-18-32(30-11-5-2-6-12-30)26-46(42)72-52-40(34-23-37(57(65,66)67)28-38(24-34)58(68,69)70)14-8-16-44(52)49(54(48)72)47-41-19-17-31(29-9-3-1-4-10-29)25-45(41)71(51(39)43)53(47)50/h1-28H. The predicted octanol–water partition coefficient (Wildman–Crippen LogP) is 18.7. The van der Waals surface area contributed by atoms with E-state index in [4.69, 9.17) is 0 Å². The van der Waals surface area contributed by atoms with Gasteiger partial charge in [0.05, 0.1) is 55.4 Å². The van der Waals surface area contributed by atoms with E-state index in [2.05, 4.69) is 0 Å². The summed E-state index contributed by atoms with van der Waals surface area (Å²) in [6, 6.07) is 42.7. The van der Waals surface area contributed by atoms with Gasteiger partial charge in [-0.25, -0.2) is 0 Å². The van der Waals surface area contributed by atoms with Gasteiger partial charge in [-0.1, -0.05) is 121 Å². The fraction of sp³-hybridized carbons (Fsp3) is 0.0690. The minimum Gasteiger partial charge on any atom is -0.307 e. The SMILES string of the molecule is FC(F)(F)c1cc(-c2cccc3c4c5c6ccc(-c7ccccc7)cc6n6c7c(-c8cc(C(F)(F)F)cc(C(F)(F)F)c8)cccc7c(c7c8ccc(-c9ccccc9)cc8n(c23)c74)c56)cc(C(F)(F)F)c1. The van der Waals surface area contributed by atoms with Crippen LogP contribution in [0, 0.1) is 0 Å². The lowest BCUT2D eigenvalue weighted by Crippen LogP contribution is -2.11. The van der Waals surface area contributed by atoms with Gasteiger partial charge in [-0.3, -0.25) is 0 Å². The highest BCUT2D eigenvalue weighted by molar-refractivity contribution is 6.46. The highest BCUT2D eigenvalue weighted by Crippen LogP contribution is 2.55. The Morgan fingerprint density at radius 3 is 0.917 bits per heavy atom. The first kappa shape index (κ1) is 43.7. The lowest BCUT2D eigenvalue weighted by molar-refractivity contribution is -0.144. The van der Waals surface area contributed by atoms with Crippen LogP contribution in [0.15, 0.2) is 170 Å². The van der Waals surface area contributed by atoms with Gasteiger partial charge in [0.25, 0.3) is 0 Å². The number of rotatable bonds is 4. The highest BCUT2D eigenvalue weighted by Gasteiger charge is 2.40. The first-order chi connectivity index (χ1) is 34.3. The number of nitrogens with zero attached hydrogens (tertiary/aromatic N) is 2. The fourth-order valence-corrected chi connectivity index (χ4v) is 11.1. The first-order valence-corrected chi connectivity index (χ1v) is 22.4. The van der Waals surface area contributed by atoms with E-state index in [-0.39, 0.29) is 34.4 Å². The molecule has 0 N–H and O–H groups in total. The van der Waals surface area contributed by atoms with Crippen LogP contribution in [0.1, 0.15) is 22.3 Å². The van der Waals surface area contributed by atoms with Crippen LogP contribution >= 0.6 is 0 Å². The van der Waals surface area contributed by atoms with E-state index >= 15 is 0 Å². The summed E-state index contributed by atoms with van der Waals surface area (Å²) in [6.45, 7) is 0. The molecule has 0 fully saturated rings. The van der Waals surface area contributed by atoms with Gasteiger partial charge in [-0.2, -0.15) is 52.7 Å². The number of para-hydroxylation sites is 2. The van der Waals surface area contributed by atoms with E-state index in [1.54, 1.807) is 24.3 Å². The predicted molar refractivity (Wildman–Crippen MR) is 258 cm³/mol. The molecule has 0 radical (unpaired) electrons. The molecule has 0 saturated heterocycles. The van der Waals surface area contributed by atoms with Gasteiger partial charge in [-0.05, 0) is 81.9 Å². The fourth-order valence-electron chi connectivity index (χ4n) is 11.1. The van der Waals surface area contributed by atoms with Crippen LogP contribution in [-0.2, 0) is 24.7 Å². The van der Waals surface area contributed by atoms with Crippen molar-refractivity contribution in [2.45, 2.75) is 24.7 Å². The van der Waals surface area contributed by atoms with Crippen LogP contribution in [0.2, 0.25) is 0 Å². The number of hydrogen-bond acceptors (Lipinski definition) is 0. The Morgan fingerprint density at radius 1 is 0.250 bits per heavy atom. The lowest BCUT2D eigenvalue weighted by atomic mass is 9.93. The summed E-state index contributed by atoms with van der Waals surface area (Å²) in [7, 11) is 0. The van der Waals surface area contributed by atoms with Crippen molar-refractivity contribution in [1.82, 2.24) is 8.80 Å². The molecule has 0 saturated carbocycles. The molecule has 0 unspecified atom stereocenters. The maximum atomic E-state index is 14.5. The number of fused-ring (bicyclic) bond motifs is 14. The summed E-state index contributed by atoms with van der Waals surface area (Å²) >= 11 is 0. The lowest BCUT2D eigenvalue weighted by Gasteiger charge is -2.15. The molecule has 14 heteroatoms. The second kappa shape index (κ2) is 14.7. The number of benzene rings is 9. The molecule has 2 nitrogen and oxygen atoms in total. The average Bonchev–Trinajstić information content (AvgIpc) is 4.08. The quantitative estimate of drug-likeness (QED) is 0.155. The maximum absolute atomic E-state index is 14.5. The molecule has 0 atom stereocenters. The van der Waals surface area contributed by atoms with Crippen molar-refractivity contribution >= 4 is 76.2 Å². The molecular formula is C58H28F12N2. The van der Waals surface area contributed by atoms with Gasteiger partial charge < -0.3 is 8.80 Å². The number of halogens is 12. The van der Waals surface area contributed by atoms with E-state index in [0.29, 0.717) is 100 Å². The Balaban J connectivity index is 1.27. The summed E-state index contributed by atoms with van der Waals surface area (Å²) in [6.07, 6.45) is -20.5. The molecule has 0 aliphatic carbocycles. The smallest absolute Gasteiger partial charge is 0.307 e. The Morgan fingerprint density at radius 2 is 0.583 bits per heavy atom. The molecule has 13 aromatic rings. The van der Waals surface area contributed by atoms with Crippen molar-refractivity contribution in [3.05, 3.63) is 192 Å². The van der Waals surface area contributed by atoms with Crippen molar-refractivity contribution in [3.63, 3.8) is 0 Å². The number of aromatic nitrogens is 2. The summed E-state index contributed by atoms with van der Waals surface area (Å²) in [5, 5.41) is 4.60. The Hall–Kier alpha value is -8.26. The molecule has 72 heavy (non-hydrogen) atoms. The van der Waals surface area contributed by atoms with Gasteiger partial charge in [-0.15, -0.1) is 0 Å². The Bertz CT molecular complexity index is 4020. The molecule has 0 aliphatic rings. The average molecular weight is 981 g/mol. The molecule has 4 aromatic heterocycles. The molecule has 0 spiro atoms. The second-order valence-corrected chi connectivity index (χ2v) is 18.1. The van der Waals surface area contributed by atoms with Crippen molar-refractivity contribution in [3.8, 4) is 44.5 Å². The van der Waals surface area contributed by atoms with E-state index in [1.807, 2.05) is 106 Å². The van der Waals surface area contributed by atoms with Crippen molar-refractivity contribution < 1.29 is 52.7 Å². The minimum absolute atomic E-state index is 0.0822. The van der Waals surface area contributed by atoms with Gasteiger partial charge in [0.1, 0.15) is 0 Å². The topological polar surface area (TPSA) is 8.82 Å². The summed E-state index contributed by atoms with van der Waals surface area (Å²) in [4.78, 5) is 0. The van der Waals surface area contributed by atoms with Crippen LogP contribution in [-0.4, -0.2) is 8.80 Å². The molecule has 0 aliphatic heterocycles. The Labute approximate surface area is 397 Å². The number of alkyl halides is 12. The van der Waals surface area contributed by atoms with Gasteiger partial charge >= 0.3 is 24.7 Å². The van der Waals surface area contributed by atoms with Crippen LogP contribution < -0.4 is 0 Å². The molecule has 13 rings (SSSR count). The molecule has 9 aromatic carbocycles. The van der Waals surface area contributed by atoms with Crippen LogP contribution in [0.5, 0.6) is 0 Å². The zero-order valence-electron chi connectivity index (χ0n) is 36.6.